The third-order valence-corrected chi connectivity index (χ3v) is 3.84. The van der Waals surface area contributed by atoms with Gasteiger partial charge in [-0.1, -0.05) is 62.8 Å². The van der Waals surface area contributed by atoms with Crippen LogP contribution in [0.2, 0.25) is 0 Å². The van der Waals surface area contributed by atoms with Crippen LogP contribution < -0.4 is 0 Å². The third kappa shape index (κ3) is 5.41. The van der Waals surface area contributed by atoms with E-state index in [1.165, 1.54) is 36.8 Å². The van der Waals surface area contributed by atoms with Crippen molar-refractivity contribution in [3.8, 4) is 11.8 Å². The second-order valence-corrected chi connectivity index (χ2v) is 5.86. The van der Waals surface area contributed by atoms with Crippen LogP contribution >= 0.6 is 0 Å². The predicted octanol–water partition coefficient (Wildman–Crippen LogP) is 5.77. The summed E-state index contributed by atoms with van der Waals surface area (Å²) in [6.45, 7) is 4.46. The highest BCUT2D eigenvalue weighted by Gasteiger charge is 1.95. The molecule has 0 radical (unpaired) electrons. The second kappa shape index (κ2) is 9.11. The average Bonchev–Trinajstić information content (AvgIpc) is 2.57. The Morgan fingerprint density at radius 3 is 1.55 bits per heavy atom. The first-order chi connectivity index (χ1) is 10.8. The van der Waals surface area contributed by atoms with Crippen molar-refractivity contribution < 1.29 is 0 Å². The second-order valence-electron chi connectivity index (χ2n) is 5.86. The van der Waals surface area contributed by atoms with E-state index in [0.717, 1.165) is 24.0 Å². The molecular weight excluding hydrogens is 264 g/mol. The summed E-state index contributed by atoms with van der Waals surface area (Å²) in [5.74, 6) is 6.62. The lowest BCUT2D eigenvalue weighted by atomic mass is 10.0. The minimum absolute atomic E-state index is 1.12. The van der Waals surface area contributed by atoms with Crippen molar-refractivity contribution in [1.29, 1.82) is 0 Å². The van der Waals surface area contributed by atoms with Gasteiger partial charge in [-0.2, -0.15) is 0 Å². The normalized spacial score (nSPS) is 10.1. The zero-order valence-electron chi connectivity index (χ0n) is 13.9. The molecule has 0 unspecified atom stereocenters. The maximum atomic E-state index is 3.31. The van der Waals surface area contributed by atoms with E-state index in [2.05, 4.69) is 74.2 Å². The van der Waals surface area contributed by atoms with Crippen LogP contribution in [0.3, 0.4) is 0 Å². The molecule has 0 N–H and O–H groups in total. The number of unbranched alkanes of at least 4 members (excludes halogenated alkanes) is 2. The topological polar surface area (TPSA) is 0 Å². The van der Waals surface area contributed by atoms with Crippen LogP contribution in [0.15, 0.2) is 48.5 Å². The summed E-state index contributed by atoms with van der Waals surface area (Å²) in [6.07, 6.45) is 7.27. The third-order valence-electron chi connectivity index (χ3n) is 3.84. The van der Waals surface area contributed by atoms with Gasteiger partial charge in [0, 0.05) is 11.1 Å². The summed E-state index contributed by atoms with van der Waals surface area (Å²) in [4.78, 5) is 0. The summed E-state index contributed by atoms with van der Waals surface area (Å²) < 4.78 is 0. The summed E-state index contributed by atoms with van der Waals surface area (Å²) in [5.41, 5.74) is 5.02. The minimum Gasteiger partial charge on any atom is -0.0654 e. The lowest BCUT2D eigenvalue weighted by Gasteiger charge is -2.01. The Morgan fingerprint density at radius 1 is 0.682 bits per heavy atom. The SMILES string of the molecule is CCCCc1cccc(C#Cc2cccc(CCCC)c2)c1. The zero-order valence-corrected chi connectivity index (χ0v) is 13.9. The lowest BCUT2D eigenvalue weighted by molar-refractivity contribution is 0.795. The monoisotopic (exact) mass is 290 g/mol. The highest BCUT2D eigenvalue weighted by molar-refractivity contribution is 5.45. The average molecular weight is 290 g/mol. The van der Waals surface area contributed by atoms with Gasteiger partial charge in [0.25, 0.3) is 0 Å². The van der Waals surface area contributed by atoms with Gasteiger partial charge in [0.05, 0.1) is 0 Å². The van der Waals surface area contributed by atoms with E-state index in [-0.39, 0.29) is 0 Å². The Kier molecular flexibility index (Phi) is 6.78. The van der Waals surface area contributed by atoms with Gasteiger partial charge in [0.15, 0.2) is 0 Å². The van der Waals surface area contributed by atoms with Gasteiger partial charge in [0.2, 0.25) is 0 Å². The molecule has 0 fully saturated rings. The Morgan fingerprint density at radius 2 is 1.14 bits per heavy atom. The van der Waals surface area contributed by atoms with Gasteiger partial charge in [-0.05, 0) is 61.1 Å². The Balaban J connectivity index is 2.09. The maximum Gasteiger partial charge on any atom is 0.0251 e. The van der Waals surface area contributed by atoms with E-state index in [1.807, 2.05) is 0 Å². The van der Waals surface area contributed by atoms with Crippen LogP contribution in [0.5, 0.6) is 0 Å². The summed E-state index contributed by atoms with van der Waals surface area (Å²) in [5, 5.41) is 0. The molecule has 0 spiro atoms. The molecule has 0 atom stereocenters. The number of hydrogen-bond acceptors (Lipinski definition) is 0. The summed E-state index contributed by atoms with van der Waals surface area (Å²) >= 11 is 0. The van der Waals surface area contributed by atoms with E-state index < -0.39 is 0 Å². The molecule has 0 aromatic heterocycles. The predicted molar refractivity (Wildman–Crippen MR) is 96.1 cm³/mol. The van der Waals surface area contributed by atoms with Crippen LogP contribution in [0, 0.1) is 11.8 Å². The highest BCUT2D eigenvalue weighted by atomic mass is 14.0. The van der Waals surface area contributed by atoms with E-state index >= 15 is 0 Å². The van der Waals surface area contributed by atoms with Crippen molar-refractivity contribution in [2.75, 3.05) is 0 Å². The number of aryl methyl sites for hydroxylation is 2. The van der Waals surface area contributed by atoms with Crippen LogP contribution in [0.4, 0.5) is 0 Å². The molecule has 2 rings (SSSR count). The first-order valence-electron chi connectivity index (χ1n) is 8.51. The van der Waals surface area contributed by atoms with E-state index in [1.54, 1.807) is 0 Å². The van der Waals surface area contributed by atoms with E-state index in [4.69, 9.17) is 0 Å². The standard InChI is InChI=1S/C22H26/c1-3-5-9-19-11-7-13-21(17-19)15-16-22-14-8-12-20(18-22)10-6-4-2/h7-8,11-14,17-18H,3-6,9-10H2,1-2H3. The first kappa shape index (κ1) is 16.4. The summed E-state index contributed by atoms with van der Waals surface area (Å²) in [6, 6.07) is 17.3. The van der Waals surface area contributed by atoms with Gasteiger partial charge >= 0.3 is 0 Å². The number of hydrogen-bond donors (Lipinski definition) is 0. The largest absolute Gasteiger partial charge is 0.0654 e. The van der Waals surface area contributed by atoms with Crippen LogP contribution in [0.1, 0.15) is 61.8 Å². The van der Waals surface area contributed by atoms with Gasteiger partial charge in [-0.3, -0.25) is 0 Å². The summed E-state index contributed by atoms with van der Waals surface area (Å²) in [7, 11) is 0. The molecule has 0 saturated heterocycles. The van der Waals surface area contributed by atoms with Crippen molar-refractivity contribution >= 4 is 0 Å². The Hall–Kier alpha value is -2.00. The fourth-order valence-electron chi connectivity index (χ4n) is 2.52. The van der Waals surface area contributed by atoms with Crippen molar-refractivity contribution in [1.82, 2.24) is 0 Å². The Bertz CT molecular complexity index is 585. The van der Waals surface area contributed by atoms with E-state index in [0.29, 0.717) is 0 Å². The quantitative estimate of drug-likeness (QED) is 0.592. The van der Waals surface area contributed by atoms with Crippen LogP contribution in [-0.4, -0.2) is 0 Å². The van der Waals surface area contributed by atoms with Gasteiger partial charge in [-0.25, -0.2) is 0 Å². The lowest BCUT2D eigenvalue weighted by Crippen LogP contribution is -1.87. The first-order valence-corrected chi connectivity index (χ1v) is 8.51. The zero-order chi connectivity index (χ0) is 15.6. The number of benzene rings is 2. The molecule has 0 saturated carbocycles. The fourth-order valence-corrected chi connectivity index (χ4v) is 2.52. The molecular formula is C22H26. The molecule has 0 amide bonds. The number of rotatable bonds is 6. The molecule has 0 bridgehead atoms. The van der Waals surface area contributed by atoms with Gasteiger partial charge in [0.1, 0.15) is 0 Å². The Labute approximate surface area is 135 Å². The molecule has 2 aromatic carbocycles. The molecule has 2 aromatic rings. The molecule has 114 valence electrons. The van der Waals surface area contributed by atoms with E-state index in [9.17, 15) is 0 Å². The van der Waals surface area contributed by atoms with Crippen LogP contribution in [0.25, 0.3) is 0 Å². The van der Waals surface area contributed by atoms with Gasteiger partial charge < -0.3 is 0 Å². The van der Waals surface area contributed by atoms with Crippen LogP contribution in [-0.2, 0) is 12.8 Å². The molecule has 0 aliphatic heterocycles. The highest BCUT2D eigenvalue weighted by Crippen LogP contribution is 2.10. The molecule has 0 heteroatoms. The molecule has 22 heavy (non-hydrogen) atoms. The van der Waals surface area contributed by atoms with Crippen molar-refractivity contribution in [3.05, 3.63) is 70.8 Å². The fraction of sp³-hybridized carbons (Fsp3) is 0.364. The van der Waals surface area contributed by atoms with Gasteiger partial charge in [-0.15, -0.1) is 0 Å². The van der Waals surface area contributed by atoms with Crippen molar-refractivity contribution in [3.63, 3.8) is 0 Å². The molecule has 0 nitrogen and oxygen atoms in total. The van der Waals surface area contributed by atoms with Crippen molar-refractivity contribution in [2.24, 2.45) is 0 Å². The maximum absolute atomic E-state index is 3.31. The molecule has 0 heterocycles. The smallest absolute Gasteiger partial charge is 0.0251 e. The van der Waals surface area contributed by atoms with Crippen molar-refractivity contribution in [2.45, 2.75) is 52.4 Å². The molecule has 0 aliphatic carbocycles. The molecule has 0 aliphatic rings. The minimum atomic E-state index is 1.12.